The van der Waals surface area contributed by atoms with Gasteiger partial charge in [-0.3, -0.25) is 10.9 Å². The van der Waals surface area contributed by atoms with E-state index in [1.807, 2.05) is 6.92 Å². The molecule has 70 valence electrons. The molecule has 0 spiro atoms. The highest BCUT2D eigenvalue weighted by atomic mass is 32.1. The molecular formula is C7H16N4S. The Morgan fingerprint density at radius 3 is 2.75 bits per heavy atom. The van der Waals surface area contributed by atoms with Crippen LogP contribution in [0.5, 0.6) is 0 Å². The number of hydrogen-bond acceptors (Lipinski definition) is 3. The predicted molar refractivity (Wildman–Crippen MR) is 55.7 cm³/mol. The van der Waals surface area contributed by atoms with Gasteiger partial charge in [0.05, 0.1) is 0 Å². The molecule has 0 saturated carbocycles. The molecule has 5 heteroatoms. The molecule has 0 unspecified atom stereocenters. The van der Waals surface area contributed by atoms with Crippen molar-refractivity contribution in [1.29, 1.82) is 0 Å². The minimum absolute atomic E-state index is 0.339. The van der Waals surface area contributed by atoms with Gasteiger partial charge in [0.15, 0.2) is 0 Å². The fourth-order valence-corrected chi connectivity index (χ4v) is 0.713. The molecule has 0 atom stereocenters. The van der Waals surface area contributed by atoms with Gasteiger partial charge in [-0.15, -0.1) is 0 Å². The van der Waals surface area contributed by atoms with Crippen molar-refractivity contribution in [2.45, 2.75) is 33.1 Å². The van der Waals surface area contributed by atoms with Gasteiger partial charge < -0.3 is 0 Å². The highest BCUT2D eigenvalue weighted by molar-refractivity contribution is 7.80. The lowest BCUT2D eigenvalue weighted by Crippen LogP contribution is -2.37. The van der Waals surface area contributed by atoms with Gasteiger partial charge in [-0.05, 0) is 32.0 Å². The summed E-state index contributed by atoms with van der Waals surface area (Å²) in [6.07, 6.45) is 3.32. The fraction of sp³-hybridized carbons (Fsp3) is 0.714. The molecule has 0 aliphatic carbocycles. The van der Waals surface area contributed by atoms with E-state index in [9.17, 15) is 0 Å². The second-order valence-corrected chi connectivity index (χ2v) is 2.94. The number of unbranched alkanes of at least 4 members (excludes halogenated alkanes) is 1. The molecule has 0 aromatic rings. The second-order valence-electron chi connectivity index (χ2n) is 2.54. The highest BCUT2D eigenvalue weighted by Crippen LogP contribution is 1.95. The zero-order valence-corrected chi connectivity index (χ0v) is 8.37. The Morgan fingerprint density at radius 2 is 2.25 bits per heavy atom. The van der Waals surface area contributed by atoms with Crippen LogP contribution in [0.3, 0.4) is 0 Å². The van der Waals surface area contributed by atoms with Crippen molar-refractivity contribution in [2.24, 2.45) is 10.9 Å². The van der Waals surface area contributed by atoms with Crippen molar-refractivity contribution in [2.75, 3.05) is 0 Å². The van der Waals surface area contributed by atoms with Crippen LogP contribution in [0.15, 0.2) is 5.10 Å². The summed E-state index contributed by atoms with van der Waals surface area (Å²) in [6.45, 7) is 4.11. The highest BCUT2D eigenvalue weighted by Gasteiger charge is 1.91. The standard InChI is InChI=1S/C7H16N4S/c1-3-4-5-6(2)10-11-7(12)9-8/h3-5,8H2,1-2H3,(H2,9,11,12)/b10-6+. The van der Waals surface area contributed by atoms with E-state index < -0.39 is 0 Å². The number of hydrogen-bond donors (Lipinski definition) is 3. The summed E-state index contributed by atoms with van der Waals surface area (Å²) < 4.78 is 0. The molecule has 0 rings (SSSR count). The lowest BCUT2D eigenvalue weighted by molar-refractivity contribution is 0.822. The van der Waals surface area contributed by atoms with E-state index in [0.717, 1.165) is 18.6 Å². The summed E-state index contributed by atoms with van der Waals surface area (Å²) >= 11 is 4.73. The van der Waals surface area contributed by atoms with Gasteiger partial charge in [0.1, 0.15) is 0 Å². The van der Waals surface area contributed by atoms with Crippen molar-refractivity contribution < 1.29 is 0 Å². The monoisotopic (exact) mass is 188 g/mol. The van der Waals surface area contributed by atoms with Crippen LogP contribution in [0.2, 0.25) is 0 Å². The molecule has 0 amide bonds. The Morgan fingerprint density at radius 1 is 1.58 bits per heavy atom. The summed E-state index contributed by atoms with van der Waals surface area (Å²) in [4.78, 5) is 0. The molecule has 0 radical (unpaired) electrons. The van der Waals surface area contributed by atoms with Crippen molar-refractivity contribution in [3.63, 3.8) is 0 Å². The van der Waals surface area contributed by atoms with Crippen molar-refractivity contribution >= 4 is 23.0 Å². The zero-order chi connectivity index (χ0) is 9.40. The SMILES string of the molecule is CCCC/C(C)=N/NC(=S)NN. The van der Waals surface area contributed by atoms with Crippen LogP contribution in [0.25, 0.3) is 0 Å². The van der Waals surface area contributed by atoms with Gasteiger partial charge in [0, 0.05) is 5.71 Å². The van der Waals surface area contributed by atoms with Crippen LogP contribution >= 0.6 is 12.2 Å². The smallest absolute Gasteiger partial charge is 0.201 e. The summed E-state index contributed by atoms with van der Waals surface area (Å²) in [5.41, 5.74) is 5.95. The number of nitrogens with zero attached hydrogens (tertiary/aromatic N) is 1. The van der Waals surface area contributed by atoms with Gasteiger partial charge in [0.25, 0.3) is 0 Å². The molecular weight excluding hydrogens is 172 g/mol. The van der Waals surface area contributed by atoms with Crippen LogP contribution in [0, 0.1) is 0 Å². The average molecular weight is 188 g/mol. The molecule has 4 N–H and O–H groups in total. The van der Waals surface area contributed by atoms with E-state index in [1.165, 1.54) is 6.42 Å². The molecule has 12 heavy (non-hydrogen) atoms. The summed E-state index contributed by atoms with van der Waals surface area (Å²) in [6, 6.07) is 0. The van der Waals surface area contributed by atoms with Gasteiger partial charge in [0.2, 0.25) is 5.11 Å². The van der Waals surface area contributed by atoms with Gasteiger partial charge >= 0.3 is 0 Å². The van der Waals surface area contributed by atoms with E-state index in [2.05, 4.69) is 22.9 Å². The second kappa shape index (κ2) is 7.00. The van der Waals surface area contributed by atoms with Crippen LogP contribution in [-0.2, 0) is 0 Å². The first-order valence-electron chi connectivity index (χ1n) is 4.00. The first kappa shape index (κ1) is 11.3. The largest absolute Gasteiger partial charge is 0.300 e. The zero-order valence-electron chi connectivity index (χ0n) is 7.55. The molecule has 0 aromatic carbocycles. The molecule has 0 saturated heterocycles. The Labute approximate surface area is 78.6 Å². The Kier molecular flexibility index (Phi) is 6.60. The Hall–Kier alpha value is -0.680. The summed E-state index contributed by atoms with van der Waals surface area (Å²) in [5, 5.41) is 4.35. The van der Waals surface area contributed by atoms with E-state index in [4.69, 9.17) is 18.1 Å². The number of hydrazone groups is 1. The summed E-state index contributed by atoms with van der Waals surface area (Å²) in [5.74, 6) is 5.04. The number of nitrogens with one attached hydrogen (secondary N) is 2. The number of rotatable bonds is 4. The quantitative estimate of drug-likeness (QED) is 0.265. The lowest BCUT2D eigenvalue weighted by Gasteiger charge is -2.02. The van der Waals surface area contributed by atoms with E-state index in [1.54, 1.807) is 0 Å². The Bertz CT molecular complexity index is 167. The van der Waals surface area contributed by atoms with Crippen LogP contribution in [0.4, 0.5) is 0 Å². The third-order valence-electron chi connectivity index (χ3n) is 1.37. The minimum Gasteiger partial charge on any atom is -0.300 e. The van der Waals surface area contributed by atoms with Crippen molar-refractivity contribution in [3.8, 4) is 0 Å². The van der Waals surface area contributed by atoms with E-state index in [-0.39, 0.29) is 0 Å². The Balaban J connectivity index is 3.60. The first-order chi connectivity index (χ1) is 5.70. The molecule has 0 aromatic heterocycles. The molecule has 0 fully saturated rings. The summed E-state index contributed by atoms with van der Waals surface area (Å²) in [7, 11) is 0. The maximum Gasteiger partial charge on any atom is 0.201 e. The molecule has 0 bridgehead atoms. The topological polar surface area (TPSA) is 62.4 Å². The third kappa shape index (κ3) is 6.06. The molecule has 4 nitrogen and oxygen atoms in total. The maximum atomic E-state index is 5.04. The number of nitrogens with two attached hydrogens (primary N) is 1. The van der Waals surface area contributed by atoms with Crippen LogP contribution in [-0.4, -0.2) is 10.8 Å². The average Bonchev–Trinajstić information content (AvgIpc) is 2.10. The van der Waals surface area contributed by atoms with Crippen LogP contribution in [0.1, 0.15) is 33.1 Å². The third-order valence-corrected chi connectivity index (χ3v) is 1.58. The normalized spacial score (nSPS) is 11.1. The molecule has 0 aliphatic heterocycles. The first-order valence-corrected chi connectivity index (χ1v) is 4.41. The van der Waals surface area contributed by atoms with Crippen LogP contribution < -0.4 is 16.7 Å². The van der Waals surface area contributed by atoms with Crippen molar-refractivity contribution in [1.82, 2.24) is 10.9 Å². The predicted octanol–water partition coefficient (Wildman–Crippen LogP) is 0.890. The lowest BCUT2D eigenvalue weighted by atomic mass is 10.2. The van der Waals surface area contributed by atoms with Gasteiger partial charge in [-0.1, -0.05) is 13.3 Å². The van der Waals surface area contributed by atoms with E-state index >= 15 is 0 Å². The molecule has 0 aliphatic rings. The number of thiocarbonyl (C=S) groups is 1. The maximum absolute atomic E-state index is 5.04. The van der Waals surface area contributed by atoms with Gasteiger partial charge in [-0.2, -0.15) is 5.10 Å². The number of hydrazine groups is 1. The van der Waals surface area contributed by atoms with Gasteiger partial charge in [-0.25, -0.2) is 5.84 Å². The molecule has 0 heterocycles. The van der Waals surface area contributed by atoms with Crippen molar-refractivity contribution in [3.05, 3.63) is 0 Å². The minimum atomic E-state index is 0.339. The van der Waals surface area contributed by atoms with E-state index in [0.29, 0.717) is 5.11 Å². The fourth-order valence-electron chi connectivity index (χ4n) is 0.667.